The van der Waals surface area contributed by atoms with Crippen molar-refractivity contribution >= 4 is 39.7 Å². The van der Waals surface area contributed by atoms with Gasteiger partial charge < -0.3 is 34.1 Å². The van der Waals surface area contributed by atoms with Crippen LogP contribution in [0.3, 0.4) is 0 Å². The number of piperidine rings is 1. The number of alkyl halides is 3. The van der Waals surface area contributed by atoms with E-state index in [1.165, 1.54) is 41.1 Å². The average molecular weight is 826 g/mol. The van der Waals surface area contributed by atoms with Crippen molar-refractivity contribution in [2.24, 2.45) is 0 Å². The van der Waals surface area contributed by atoms with Crippen LogP contribution in [0.2, 0.25) is 0 Å². The van der Waals surface area contributed by atoms with Gasteiger partial charge in [0.1, 0.15) is 41.4 Å². The molecule has 4 fully saturated rings. The molecule has 18 heteroatoms. The number of fused-ring (bicyclic) bond motifs is 7. The average Bonchev–Trinajstić information content (AvgIpc) is 3.70. The van der Waals surface area contributed by atoms with E-state index in [0.29, 0.717) is 31.5 Å². The molecule has 0 spiro atoms. The Hall–Kier alpha value is -5.10. The van der Waals surface area contributed by atoms with Crippen LogP contribution in [0.25, 0.3) is 32.9 Å². The van der Waals surface area contributed by atoms with Crippen molar-refractivity contribution in [1.29, 1.82) is 0 Å². The molecule has 1 N–H and O–H groups in total. The second kappa shape index (κ2) is 14.9. The smallest absolute Gasteiger partial charge is 0.415 e. The quantitative estimate of drug-likeness (QED) is 0.224. The lowest BCUT2D eigenvalue weighted by Crippen LogP contribution is -2.63. The van der Waals surface area contributed by atoms with E-state index in [9.17, 15) is 14.0 Å². The number of alkyl carbamates (subject to hydrolysis) is 1. The lowest BCUT2D eigenvalue weighted by molar-refractivity contribution is -0.0390. The Labute approximate surface area is 336 Å². The van der Waals surface area contributed by atoms with Crippen LogP contribution >= 0.6 is 0 Å². The van der Waals surface area contributed by atoms with E-state index in [2.05, 4.69) is 20.3 Å². The van der Waals surface area contributed by atoms with Crippen LogP contribution < -0.4 is 19.7 Å². The minimum atomic E-state index is -3.35. The van der Waals surface area contributed by atoms with Gasteiger partial charge in [0.2, 0.25) is 0 Å². The van der Waals surface area contributed by atoms with E-state index >= 15 is 17.6 Å². The molecule has 6 aliphatic rings. The maximum atomic E-state index is 17.5. The number of nitrogens with zero attached hydrogens (tertiary/aromatic N) is 6. The molecule has 10 rings (SSSR count). The van der Waals surface area contributed by atoms with Gasteiger partial charge in [0.25, 0.3) is 5.92 Å². The Kier molecular flexibility index (Phi) is 9.92. The van der Waals surface area contributed by atoms with Crippen LogP contribution in [-0.2, 0) is 15.9 Å². The number of rotatable bonds is 4. The molecule has 13 nitrogen and oxygen atoms in total. The molecule has 4 saturated heterocycles. The van der Waals surface area contributed by atoms with E-state index < -0.39 is 60.0 Å². The second-order valence-electron chi connectivity index (χ2n) is 16.8. The summed E-state index contributed by atoms with van der Waals surface area (Å²) >= 11 is 0. The molecule has 0 aliphatic carbocycles. The Balaban J connectivity index is 1.22. The van der Waals surface area contributed by atoms with Gasteiger partial charge in [0.15, 0.2) is 5.82 Å². The summed E-state index contributed by atoms with van der Waals surface area (Å²) in [4.78, 5) is 44.8. The zero-order valence-electron chi connectivity index (χ0n) is 32.7. The summed E-state index contributed by atoms with van der Waals surface area (Å²) in [7, 11) is 0. The molecule has 2 aromatic carbocycles. The van der Waals surface area contributed by atoms with Crippen LogP contribution in [0, 0.1) is 11.6 Å². The summed E-state index contributed by atoms with van der Waals surface area (Å²) in [6.07, 6.45) is -0.473. The number of aromatic nitrogens is 3. The van der Waals surface area contributed by atoms with Gasteiger partial charge in [-0.2, -0.15) is 9.97 Å². The molecule has 4 atom stereocenters. The molecule has 314 valence electrons. The molecular formula is C41H44F5N7O6. The number of morpholine rings is 1. The monoisotopic (exact) mass is 825 g/mol. The number of hydrogen-bond acceptors (Lipinski definition) is 11. The number of carbonyl (C=O) groups excluding carboxylic acids is 2. The van der Waals surface area contributed by atoms with E-state index in [4.69, 9.17) is 18.9 Å². The number of halogens is 5. The van der Waals surface area contributed by atoms with Crippen molar-refractivity contribution in [2.45, 2.75) is 81.6 Å². The van der Waals surface area contributed by atoms with Crippen LogP contribution in [0.1, 0.15) is 51.5 Å². The first kappa shape index (κ1) is 39.4. The number of hydrogen-bond donors (Lipinski definition) is 1. The van der Waals surface area contributed by atoms with Crippen molar-refractivity contribution in [3.63, 3.8) is 0 Å². The summed E-state index contributed by atoms with van der Waals surface area (Å²) in [6.45, 7) is 3.90. The summed E-state index contributed by atoms with van der Waals surface area (Å²) in [5, 5.41) is 3.24. The van der Waals surface area contributed by atoms with Gasteiger partial charge in [0.05, 0.1) is 48.9 Å². The van der Waals surface area contributed by atoms with Gasteiger partial charge in [0, 0.05) is 44.2 Å². The third-order valence-corrected chi connectivity index (χ3v) is 12.1. The number of amides is 2. The number of ether oxygens (including phenoxy) is 4. The van der Waals surface area contributed by atoms with Gasteiger partial charge in [-0.3, -0.25) is 9.88 Å². The number of pyridine rings is 1. The van der Waals surface area contributed by atoms with E-state index in [0.717, 1.165) is 6.42 Å². The molecule has 0 radical (unpaired) electrons. The number of benzene rings is 2. The van der Waals surface area contributed by atoms with Crippen LogP contribution in [0.5, 0.6) is 11.8 Å². The van der Waals surface area contributed by atoms with Gasteiger partial charge >= 0.3 is 18.2 Å². The standard InChI is InChI=1S/C41H44F5N7O6/c1-23-17-51(10-12-56-23)38(55)59-26-13-24-6-7-30(43)27-5-3-11-57-37(54)50-39(2)19-41(45,46)21-52(20-39)35-29-16-47-33(28(14-26)31(24)27)32(44)34(29)48-36(49-35)58-22-40-8-4-9-53(40)18-25(42)15-40/h6-7,13-14,16,23,25H,3-5,8-12,15,17-22H2,1-2H3,(H,50,54)/t23-,25-,39-,40+/m1/s1. The fraction of sp³-hybridized carbons (Fsp3) is 0.537. The molecule has 2 aromatic heterocycles. The fourth-order valence-corrected chi connectivity index (χ4v) is 9.66. The molecule has 6 bridgehead atoms. The predicted molar refractivity (Wildman–Crippen MR) is 205 cm³/mol. The number of carbonyl (C=O) groups is 2. The van der Waals surface area contributed by atoms with E-state index in [1.807, 2.05) is 11.8 Å². The van der Waals surface area contributed by atoms with Crippen LogP contribution in [0.15, 0.2) is 30.5 Å². The summed E-state index contributed by atoms with van der Waals surface area (Å²) < 4.78 is 103. The number of nitrogens with one attached hydrogen (secondary N) is 1. The SMILES string of the molecule is C[C@@H]1CN(C(=O)Oc2cc3c4c(c(F)ccc4c2)CCCOC(=O)N[C@@]2(C)CN(CC(F)(F)C2)c2nc(OC[C@@]45CCCN4C[C@H](F)C5)nc4c(F)c-3ncc24)CCO1. The Morgan fingerprint density at radius 3 is 2.76 bits per heavy atom. The van der Waals surface area contributed by atoms with Gasteiger partial charge in [-0.05, 0) is 80.6 Å². The molecule has 59 heavy (non-hydrogen) atoms. The topological polar surface area (TPSA) is 131 Å². The number of aryl methyl sites for hydroxylation is 1. The van der Waals surface area contributed by atoms with Gasteiger partial charge in [-0.15, -0.1) is 0 Å². The van der Waals surface area contributed by atoms with E-state index in [1.54, 1.807) is 6.07 Å². The molecular weight excluding hydrogens is 781 g/mol. The molecule has 0 unspecified atom stereocenters. The molecule has 6 aliphatic heterocycles. The first-order valence-electron chi connectivity index (χ1n) is 20.0. The normalized spacial score (nSPS) is 27.1. The van der Waals surface area contributed by atoms with Gasteiger partial charge in [-0.25, -0.2) is 31.5 Å². The highest BCUT2D eigenvalue weighted by Gasteiger charge is 2.50. The predicted octanol–water partition coefficient (Wildman–Crippen LogP) is 6.57. The van der Waals surface area contributed by atoms with Crippen molar-refractivity contribution in [3.05, 3.63) is 47.7 Å². The zero-order chi connectivity index (χ0) is 41.3. The third-order valence-electron chi connectivity index (χ3n) is 12.1. The highest BCUT2D eigenvalue weighted by atomic mass is 19.3. The van der Waals surface area contributed by atoms with Crippen molar-refractivity contribution in [3.8, 4) is 23.0 Å². The highest BCUT2D eigenvalue weighted by Crippen LogP contribution is 2.43. The lowest BCUT2D eigenvalue weighted by atomic mass is 9.88. The minimum absolute atomic E-state index is 0.0232. The maximum Gasteiger partial charge on any atom is 0.415 e. The molecule has 0 saturated carbocycles. The summed E-state index contributed by atoms with van der Waals surface area (Å²) in [6, 6.07) is 5.35. The summed E-state index contributed by atoms with van der Waals surface area (Å²) in [5.41, 5.74) is -2.56. The van der Waals surface area contributed by atoms with Crippen LogP contribution in [0.4, 0.5) is 37.4 Å². The number of anilines is 1. The van der Waals surface area contributed by atoms with Gasteiger partial charge in [-0.1, -0.05) is 6.07 Å². The van der Waals surface area contributed by atoms with Crippen molar-refractivity contribution in [2.75, 3.05) is 64.0 Å². The minimum Gasteiger partial charge on any atom is -0.461 e. The lowest BCUT2D eigenvalue weighted by Gasteiger charge is -2.44. The Morgan fingerprint density at radius 2 is 1.93 bits per heavy atom. The fourth-order valence-electron chi connectivity index (χ4n) is 9.66. The summed E-state index contributed by atoms with van der Waals surface area (Å²) in [5.74, 6) is -5.04. The second-order valence-corrected chi connectivity index (χ2v) is 16.8. The Bertz CT molecular complexity index is 2340. The van der Waals surface area contributed by atoms with Crippen molar-refractivity contribution < 1.29 is 50.5 Å². The first-order chi connectivity index (χ1) is 28.2. The molecule has 2 amide bonds. The molecule has 8 heterocycles. The van der Waals surface area contributed by atoms with Crippen LogP contribution in [-0.4, -0.2) is 125 Å². The zero-order valence-corrected chi connectivity index (χ0v) is 32.7. The molecule has 4 aromatic rings. The first-order valence-corrected chi connectivity index (χ1v) is 20.0. The maximum absolute atomic E-state index is 17.5. The van der Waals surface area contributed by atoms with Crippen molar-refractivity contribution in [1.82, 2.24) is 30.1 Å². The third kappa shape index (κ3) is 7.53. The highest BCUT2D eigenvalue weighted by molar-refractivity contribution is 6.02. The Morgan fingerprint density at radius 1 is 1.08 bits per heavy atom. The van der Waals surface area contributed by atoms with E-state index in [-0.39, 0.29) is 109 Å². The largest absolute Gasteiger partial charge is 0.461 e.